The van der Waals surface area contributed by atoms with Crippen molar-refractivity contribution in [3.63, 3.8) is 0 Å². The van der Waals surface area contributed by atoms with Crippen LogP contribution in [0.2, 0.25) is 0 Å². The zero-order valence-corrected chi connectivity index (χ0v) is 6.47. The first-order valence-corrected chi connectivity index (χ1v) is 3.13. The zero-order chi connectivity index (χ0) is 7.56. The standard InChI is InChI=1S/C8H11O2/c1-6-4-7(9-2)5-8(6)10-3/h4-5H,1-3H3. The van der Waals surface area contributed by atoms with Crippen LogP contribution < -0.4 is 0 Å². The Kier molecular flexibility index (Phi) is 2.12. The molecule has 0 aromatic carbocycles. The van der Waals surface area contributed by atoms with Crippen LogP contribution in [-0.2, 0) is 9.47 Å². The molecule has 0 N–H and O–H groups in total. The minimum Gasteiger partial charge on any atom is -0.497 e. The molecule has 1 aliphatic carbocycles. The molecule has 0 unspecified atom stereocenters. The van der Waals surface area contributed by atoms with Crippen molar-refractivity contribution in [2.75, 3.05) is 14.2 Å². The lowest BCUT2D eigenvalue weighted by atomic mass is 10.3. The zero-order valence-electron chi connectivity index (χ0n) is 6.47. The third kappa shape index (κ3) is 1.21. The lowest BCUT2D eigenvalue weighted by Gasteiger charge is -1.98. The molecular formula is C8H11O2. The Morgan fingerprint density at radius 2 is 1.80 bits per heavy atom. The van der Waals surface area contributed by atoms with Gasteiger partial charge in [-0.05, 0) is 24.6 Å². The van der Waals surface area contributed by atoms with Crippen molar-refractivity contribution in [3.05, 3.63) is 29.6 Å². The van der Waals surface area contributed by atoms with E-state index >= 15 is 0 Å². The maximum absolute atomic E-state index is 5.05. The smallest absolute Gasteiger partial charge is 0.145 e. The Morgan fingerprint density at radius 3 is 2.10 bits per heavy atom. The van der Waals surface area contributed by atoms with E-state index in [1.54, 1.807) is 14.2 Å². The van der Waals surface area contributed by atoms with Crippen LogP contribution in [0.25, 0.3) is 0 Å². The Balaban J connectivity index is 2.69. The molecule has 0 aliphatic heterocycles. The number of rotatable bonds is 2. The maximum Gasteiger partial charge on any atom is 0.145 e. The van der Waals surface area contributed by atoms with Gasteiger partial charge in [-0.2, -0.15) is 0 Å². The van der Waals surface area contributed by atoms with Gasteiger partial charge in [0, 0.05) is 7.11 Å². The fraction of sp³-hybridized carbons (Fsp3) is 0.375. The van der Waals surface area contributed by atoms with E-state index in [1.807, 2.05) is 19.1 Å². The Morgan fingerprint density at radius 1 is 1.10 bits per heavy atom. The van der Waals surface area contributed by atoms with Gasteiger partial charge in [-0.3, -0.25) is 0 Å². The summed E-state index contributed by atoms with van der Waals surface area (Å²) in [6, 6.07) is 0. The van der Waals surface area contributed by atoms with Gasteiger partial charge in [0.1, 0.15) is 11.9 Å². The van der Waals surface area contributed by atoms with Crippen LogP contribution in [0.4, 0.5) is 0 Å². The van der Waals surface area contributed by atoms with Crippen molar-refractivity contribution in [1.82, 2.24) is 0 Å². The van der Waals surface area contributed by atoms with Crippen LogP contribution in [0.15, 0.2) is 23.5 Å². The van der Waals surface area contributed by atoms with Gasteiger partial charge in [-0.25, -0.2) is 0 Å². The Labute approximate surface area is 61.1 Å². The normalized spacial score (nSPS) is 18.7. The molecule has 0 saturated carbocycles. The molecule has 55 valence electrons. The highest BCUT2D eigenvalue weighted by molar-refractivity contribution is 5.41. The summed E-state index contributed by atoms with van der Waals surface area (Å²) in [6.45, 7) is 1.99. The molecule has 0 aromatic rings. The summed E-state index contributed by atoms with van der Waals surface area (Å²) in [5, 5.41) is 0. The highest BCUT2D eigenvalue weighted by Crippen LogP contribution is 2.24. The first-order chi connectivity index (χ1) is 4.77. The van der Waals surface area contributed by atoms with E-state index < -0.39 is 0 Å². The molecule has 0 fully saturated rings. The summed E-state index contributed by atoms with van der Waals surface area (Å²) in [4.78, 5) is 0. The van der Waals surface area contributed by atoms with Gasteiger partial charge in [-0.1, -0.05) is 0 Å². The number of hydrogen-bond donors (Lipinski definition) is 0. The highest BCUT2D eigenvalue weighted by atomic mass is 16.5. The molecule has 1 radical (unpaired) electrons. The first kappa shape index (κ1) is 7.35. The van der Waals surface area contributed by atoms with Crippen molar-refractivity contribution in [2.45, 2.75) is 6.92 Å². The average molecular weight is 139 g/mol. The van der Waals surface area contributed by atoms with Crippen LogP contribution in [0.1, 0.15) is 6.92 Å². The summed E-state index contributed by atoms with van der Waals surface area (Å²) in [6.07, 6.45) is 4.67. The van der Waals surface area contributed by atoms with Crippen LogP contribution in [0, 0.1) is 6.10 Å². The Bertz CT molecular complexity index is 180. The van der Waals surface area contributed by atoms with Gasteiger partial charge in [0.05, 0.1) is 7.11 Å². The quantitative estimate of drug-likeness (QED) is 0.579. The predicted molar refractivity (Wildman–Crippen MR) is 39.1 cm³/mol. The van der Waals surface area contributed by atoms with Gasteiger partial charge in [-0.15, -0.1) is 0 Å². The predicted octanol–water partition coefficient (Wildman–Crippen LogP) is 1.65. The molecule has 1 rings (SSSR count). The van der Waals surface area contributed by atoms with E-state index in [2.05, 4.69) is 0 Å². The molecule has 0 aromatic heterocycles. The van der Waals surface area contributed by atoms with Crippen molar-refractivity contribution >= 4 is 0 Å². The maximum atomic E-state index is 5.05. The van der Waals surface area contributed by atoms with Gasteiger partial charge in [0.15, 0.2) is 0 Å². The third-order valence-electron chi connectivity index (χ3n) is 1.48. The highest BCUT2D eigenvalue weighted by Gasteiger charge is 2.14. The SMILES string of the molecule is CO[C]1C=C(C)C(OC)=C1. The number of methoxy groups -OCH3 is 2. The summed E-state index contributed by atoms with van der Waals surface area (Å²) in [5.41, 5.74) is 1.11. The summed E-state index contributed by atoms with van der Waals surface area (Å²) in [7, 11) is 3.30. The lowest BCUT2D eigenvalue weighted by molar-refractivity contribution is 0.254. The minimum absolute atomic E-state index is 0.856. The van der Waals surface area contributed by atoms with Crippen LogP contribution in [0.5, 0.6) is 0 Å². The number of ether oxygens (including phenoxy) is 2. The minimum atomic E-state index is 0.856. The lowest BCUT2D eigenvalue weighted by Crippen LogP contribution is -1.87. The van der Waals surface area contributed by atoms with E-state index in [-0.39, 0.29) is 0 Å². The van der Waals surface area contributed by atoms with Gasteiger partial charge in [0.2, 0.25) is 0 Å². The summed E-state index contributed by atoms with van der Waals surface area (Å²) in [5.74, 6) is 0.886. The Hall–Kier alpha value is -0.760. The van der Waals surface area contributed by atoms with E-state index in [4.69, 9.17) is 9.47 Å². The summed E-state index contributed by atoms with van der Waals surface area (Å²) >= 11 is 0. The molecule has 0 bridgehead atoms. The van der Waals surface area contributed by atoms with E-state index in [1.165, 1.54) is 0 Å². The monoisotopic (exact) mass is 139 g/mol. The van der Waals surface area contributed by atoms with Crippen molar-refractivity contribution in [2.24, 2.45) is 0 Å². The molecule has 0 heterocycles. The molecule has 0 amide bonds. The van der Waals surface area contributed by atoms with Crippen molar-refractivity contribution in [3.8, 4) is 0 Å². The molecule has 0 spiro atoms. The largest absolute Gasteiger partial charge is 0.497 e. The van der Waals surface area contributed by atoms with E-state index in [9.17, 15) is 0 Å². The number of hydrogen-bond acceptors (Lipinski definition) is 2. The van der Waals surface area contributed by atoms with Crippen molar-refractivity contribution in [1.29, 1.82) is 0 Å². The van der Waals surface area contributed by atoms with E-state index in [0.29, 0.717) is 0 Å². The third-order valence-corrected chi connectivity index (χ3v) is 1.48. The van der Waals surface area contributed by atoms with Crippen LogP contribution in [-0.4, -0.2) is 14.2 Å². The fourth-order valence-corrected chi connectivity index (χ4v) is 0.907. The van der Waals surface area contributed by atoms with Crippen molar-refractivity contribution < 1.29 is 9.47 Å². The van der Waals surface area contributed by atoms with E-state index in [0.717, 1.165) is 17.4 Å². The topological polar surface area (TPSA) is 18.5 Å². The second-order valence-corrected chi connectivity index (χ2v) is 2.15. The fourth-order valence-electron chi connectivity index (χ4n) is 0.907. The second-order valence-electron chi connectivity index (χ2n) is 2.15. The van der Waals surface area contributed by atoms with Gasteiger partial charge < -0.3 is 9.47 Å². The molecule has 10 heavy (non-hydrogen) atoms. The molecule has 0 saturated heterocycles. The molecular weight excluding hydrogens is 128 g/mol. The molecule has 0 atom stereocenters. The first-order valence-electron chi connectivity index (χ1n) is 3.13. The molecule has 2 nitrogen and oxygen atoms in total. The average Bonchev–Trinajstić information content (AvgIpc) is 2.30. The number of allylic oxidation sites excluding steroid dienone is 1. The van der Waals surface area contributed by atoms with Gasteiger partial charge >= 0.3 is 0 Å². The van der Waals surface area contributed by atoms with Gasteiger partial charge in [0.25, 0.3) is 0 Å². The van der Waals surface area contributed by atoms with Crippen LogP contribution in [0.3, 0.4) is 0 Å². The second kappa shape index (κ2) is 2.88. The molecule has 1 aliphatic rings. The summed E-state index contributed by atoms with van der Waals surface area (Å²) < 4.78 is 10.0. The molecule has 2 heteroatoms. The van der Waals surface area contributed by atoms with Crippen LogP contribution >= 0.6 is 0 Å².